The Kier molecular flexibility index (Phi) is 4.04. The molecule has 5 heteroatoms. The van der Waals surface area contributed by atoms with Gasteiger partial charge in [0, 0.05) is 30.5 Å². The normalized spacial score (nSPS) is 28.2. The van der Waals surface area contributed by atoms with E-state index in [1.165, 1.54) is 0 Å². The Balaban J connectivity index is 1.52. The molecule has 132 valence electrons. The molecule has 0 aliphatic carbocycles. The van der Waals surface area contributed by atoms with Crippen LogP contribution in [0.3, 0.4) is 0 Å². The number of aliphatic hydroxyl groups is 1. The number of nitrogens with zero attached hydrogens (tertiary/aromatic N) is 1. The van der Waals surface area contributed by atoms with Gasteiger partial charge in [0.2, 0.25) is 5.91 Å². The van der Waals surface area contributed by atoms with Crippen molar-refractivity contribution in [1.82, 2.24) is 4.90 Å². The molecule has 2 fully saturated rings. The average molecular weight is 341 g/mol. The molecule has 2 saturated heterocycles. The third-order valence-corrected chi connectivity index (χ3v) is 5.57. The van der Waals surface area contributed by atoms with Gasteiger partial charge in [-0.2, -0.15) is 0 Å². The fourth-order valence-corrected chi connectivity index (χ4v) is 4.48. The maximum atomic E-state index is 13.0. The molecule has 1 aromatic heterocycles. The molecule has 2 unspecified atom stereocenters. The topological polar surface area (TPSA) is 62.9 Å². The summed E-state index contributed by atoms with van der Waals surface area (Å²) in [5.74, 6) is 1.46. The van der Waals surface area contributed by atoms with E-state index in [9.17, 15) is 9.90 Å². The highest BCUT2D eigenvalue weighted by Gasteiger charge is 2.51. The van der Waals surface area contributed by atoms with Gasteiger partial charge in [0.15, 0.2) is 0 Å². The number of furan rings is 1. The lowest BCUT2D eigenvalue weighted by Gasteiger charge is -2.43. The molecule has 2 aliphatic rings. The summed E-state index contributed by atoms with van der Waals surface area (Å²) < 4.78 is 10.8. The van der Waals surface area contributed by atoms with Crippen molar-refractivity contribution in [2.45, 2.75) is 49.8 Å². The van der Waals surface area contributed by atoms with Crippen LogP contribution in [0.2, 0.25) is 0 Å². The third kappa shape index (κ3) is 2.82. The SMILES string of the molecule is COc1ccccc1CC(=O)N1C2CCC1CC(O)(c1ccco1)C2. The first-order valence-corrected chi connectivity index (χ1v) is 8.80. The number of piperidine rings is 1. The summed E-state index contributed by atoms with van der Waals surface area (Å²) in [4.78, 5) is 14.9. The minimum atomic E-state index is -0.962. The standard InChI is InChI=1S/C20H23NO4/c1-24-17-6-3-2-5-14(17)11-19(22)21-15-8-9-16(21)13-20(23,12-15)18-7-4-10-25-18/h2-7,10,15-16,23H,8-9,11-13H2,1H3. The van der Waals surface area contributed by atoms with Crippen molar-refractivity contribution < 1.29 is 19.1 Å². The van der Waals surface area contributed by atoms with Crippen LogP contribution in [-0.2, 0) is 16.8 Å². The van der Waals surface area contributed by atoms with E-state index in [1.807, 2.05) is 35.2 Å². The first-order valence-electron chi connectivity index (χ1n) is 8.80. The number of fused-ring (bicyclic) bond motifs is 2. The fraction of sp³-hybridized carbons (Fsp3) is 0.450. The minimum Gasteiger partial charge on any atom is -0.496 e. The highest BCUT2D eigenvalue weighted by atomic mass is 16.5. The zero-order valence-corrected chi connectivity index (χ0v) is 14.4. The van der Waals surface area contributed by atoms with Crippen molar-refractivity contribution in [1.29, 1.82) is 0 Å². The van der Waals surface area contributed by atoms with Crippen molar-refractivity contribution in [2.24, 2.45) is 0 Å². The van der Waals surface area contributed by atoms with Crippen LogP contribution in [0, 0.1) is 0 Å². The number of hydrogen-bond donors (Lipinski definition) is 1. The Labute approximate surface area is 147 Å². The van der Waals surface area contributed by atoms with Gasteiger partial charge >= 0.3 is 0 Å². The van der Waals surface area contributed by atoms with Crippen molar-refractivity contribution in [3.63, 3.8) is 0 Å². The molecule has 2 bridgehead atoms. The lowest BCUT2D eigenvalue weighted by molar-refractivity contribution is -0.142. The van der Waals surface area contributed by atoms with Crippen LogP contribution >= 0.6 is 0 Å². The van der Waals surface area contributed by atoms with Gasteiger partial charge in [-0.05, 0) is 31.0 Å². The summed E-state index contributed by atoms with van der Waals surface area (Å²) in [5, 5.41) is 11.0. The smallest absolute Gasteiger partial charge is 0.227 e. The number of hydrogen-bond acceptors (Lipinski definition) is 4. The number of benzene rings is 1. The summed E-state index contributed by atoms with van der Waals surface area (Å²) in [7, 11) is 1.62. The van der Waals surface area contributed by atoms with E-state index < -0.39 is 5.60 Å². The predicted octanol–water partition coefficient (Wildman–Crippen LogP) is 2.87. The van der Waals surface area contributed by atoms with Gasteiger partial charge in [0.05, 0.1) is 19.8 Å². The van der Waals surface area contributed by atoms with Gasteiger partial charge in [-0.15, -0.1) is 0 Å². The highest BCUT2D eigenvalue weighted by molar-refractivity contribution is 5.80. The Morgan fingerprint density at radius 3 is 2.60 bits per heavy atom. The summed E-state index contributed by atoms with van der Waals surface area (Å²) in [6.45, 7) is 0. The molecule has 0 spiro atoms. The van der Waals surface area contributed by atoms with E-state index in [0.29, 0.717) is 25.0 Å². The number of methoxy groups -OCH3 is 1. The van der Waals surface area contributed by atoms with Crippen LogP contribution in [0.15, 0.2) is 47.1 Å². The average Bonchev–Trinajstić information content (AvgIpc) is 3.23. The molecule has 3 heterocycles. The van der Waals surface area contributed by atoms with Crippen LogP contribution in [0.1, 0.15) is 37.0 Å². The molecular formula is C20H23NO4. The Morgan fingerprint density at radius 2 is 1.96 bits per heavy atom. The van der Waals surface area contributed by atoms with E-state index in [1.54, 1.807) is 19.4 Å². The number of rotatable bonds is 4. The fourth-order valence-electron chi connectivity index (χ4n) is 4.48. The molecule has 2 aliphatic heterocycles. The molecule has 1 amide bonds. The van der Waals surface area contributed by atoms with Crippen molar-refractivity contribution >= 4 is 5.91 Å². The molecule has 1 N–H and O–H groups in total. The van der Waals surface area contributed by atoms with E-state index in [-0.39, 0.29) is 18.0 Å². The van der Waals surface area contributed by atoms with Gasteiger partial charge in [0.1, 0.15) is 17.1 Å². The first-order chi connectivity index (χ1) is 12.1. The van der Waals surface area contributed by atoms with Gasteiger partial charge in [0.25, 0.3) is 0 Å². The summed E-state index contributed by atoms with van der Waals surface area (Å²) in [6.07, 6.45) is 4.87. The second-order valence-electron chi connectivity index (χ2n) is 7.09. The van der Waals surface area contributed by atoms with Gasteiger partial charge in [-0.25, -0.2) is 0 Å². The van der Waals surface area contributed by atoms with Gasteiger partial charge in [-0.3, -0.25) is 4.79 Å². The zero-order valence-electron chi connectivity index (χ0n) is 14.4. The monoisotopic (exact) mass is 341 g/mol. The Hall–Kier alpha value is -2.27. The molecule has 4 rings (SSSR count). The van der Waals surface area contributed by atoms with E-state index in [4.69, 9.17) is 9.15 Å². The quantitative estimate of drug-likeness (QED) is 0.929. The highest BCUT2D eigenvalue weighted by Crippen LogP contribution is 2.46. The Morgan fingerprint density at radius 1 is 1.24 bits per heavy atom. The van der Waals surface area contributed by atoms with Crippen molar-refractivity contribution in [3.05, 3.63) is 54.0 Å². The van der Waals surface area contributed by atoms with E-state index >= 15 is 0 Å². The molecule has 2 atom stereocenters. The second kappa shape index (κ2) is 6.23. The first kappa shape index (κ1) is 16.2. The molecule has 5 nitrogen and oxygen atoms in total. The predicted molar refractivity (Wildman–Crippen MR) is 92.2 cm³/mol. The summed E-state index contributed by atoms with van der Waals surface area (Å²) in [6, 6.07) is 11.4. The number of carbonyl (C=O) groups excluding carboxylic acids is 1. The van der Waals surface area contributed by atoms with Crippen LogP contribution < -0.4 is 4.74 Å². The summed E-state index contributed by atoms with van der Waals surface area (Å²) >= 11 is 0. The largest absolute Gasteiger partial charge is 0.496 e. The number of ether oxygens (including phenoxy) is 1. The van der Waals surface area contributed by atoms with Crippen molar-refractivity contribution in [3.8, 4) is 5.75 Å². The lowest BCUT2D eigenvalue weighted by Crippen LogP contribution is -2.52. The maximum absolute atomic E-state index is 13.0. The number of amides is 1. The van der Waals surface area contributed by atoms with Crippen molar-refractivity contribution in [2.75, 3.05) is 7.11 Å². The van der Waals surface area contributed by atoms with Gasteiger partial charge in [-0.1, -0.05) is 18.2 Å². The molecule has 1 aromatic carbocycles. The van der Waals surface area contributed by atoms with Crippen LogP contribution in [0.5, 0.6) is 5.75 Å². The van der Waals surface area contributed by atoms with Gasteiger partial charge < -0.3 is 19.2 Å². The minimum absolute atomic E-state index is 0.0658. The Bertz CT molecular complexity index is 741. The van der Waals surface area contributed by atoms with E-state index in [0.717, 1.165) is 24.2 Å². The number of carbonyl (C=O) groups is 1. The summed E-state index contributed by atoms with van der Waals surface area (Å²) in [5.41, 5.74) is -0.0578. The lowest BCUT2D eigenvalue weighted by atomic mass is 9.84. The molecular weight excluding hydrogens is 318 g/mol. The second-order valence-corrected chi connectivity index (χ2v) is 7.09. The van der Waals surface area contributed by atoms with Crippen LogP contribution in [0.4, 0.5) is 0 Å². The molecule has 25 heavy (non-hydrogen) atoms. The van der Waals surface area contributed by atoms with Crippen LogP contribution in [-0.4, -0.2) is 35.1 Å². The third-order valence-electron chi connectivity index (χ3n) is 5.57. The zero-order chi connectivity index (χ0) is 17.4. The molecule has 0 radical (unpaired) electrons. The maximum Gasteiger partial charge on any atom is 0.227 e. The van der Waals surface area contributed by atoms with E-state index in [2.05, 4.69) is 0 Å². The number of para-hydroxylation sites is 1. The molecule has 2 aromatic rings. The van der Waals surface area contributed by atoms with Crippen LogP contribution in [0.25, 0.3) is 0 Å². The molecule has 0 saturated carbocycles.